The fourth-order valence-corrected chi connectivity index (χ4v) is 0.701. The summed E-state index contributed by atoms with van der Waals surface area (Å²) in [5.74, 6) is -0.996. The maximum absolute atomic E-state index is 10.7. The summed E-state index contributed by atoms with van der Waals surface area (Å²) in [7, 11) is 1.67. The zero-order valence-corrected chi connectivity index (χ0v) is 7.16. The second-order valence-electron chi connectivity index (χ2n) is 2.75. The van der Waals surface area contributed by atoms with Gasteiger partial charge >= 0.3 is 5.97 Å². The van der Waals surface area contributed by atoms with Gasteiger partial charge in [-0.3, -0.25) is 9.69 Å². The normalized spacial score (nSPS) is 16.5. The van der Waals surface area contributed by atoms with Crippen LogP contribution in [0.15, 0.2) is 0 Å². The molecule has 0 saturated carbocycles. The number of nitrogens with zero attached hydrogens (tertiary/aromatic N) is 1. The number of carboxylic acid groups (broad SMARTS) is 1. The van der Waals surface area contributed by atoms with Crippen molar-refractivity contribution in [3.05, 3.63) is 0 Å². The van der Waals surface area contributed by atoms with E-state index in [4.69, 9.17) is 10.2 Å². The second-order valence-corrected chi connectivity index (χ2v) is 2.75. The first kappa shape index (κ1) is 10.4. The Morgan fingerprint density at radius 2 is 2.09 bits per heavy atom. The van der Waals surface area contributed by atoms with Crippen molar-refractivity contribution < 1.29 is 15.0 Å². The average Bonchev–Trinajstić information content (AvgIpc) is 2.01. The van der Waals surface area contributed by atoms with Crippen LogP contribution < -0.4 is 0 Å². The summed E-state index contributed by atoms with van der Waals surface area (Å²) >= 11 is 0. The van der Waals surface area contributed by atoms with Gasteiger partial charge in [-0.25, -0.2) is 0 Å². The lowest BCUT2D eigenvalue weighted by Gasteiger charge is -2.32. The molecule has 0 amide bonds. The molecule has 4 heteroatoms. The summed E-state index contributed by atoms with van der Waals surface area (Å²) in [5.41, 5.74) is -1.14. The minimum atomic E-state index is -1.14. The van der Waals surface area contributed by atoms with Gasteiger partial charge < -0.3 is 10.2 Å². The molecule has 0 aromatic heterocycles. The third kappa shape index (κ3) is 1.91. The van der Waals surface area contributed by atoms with Crippen molar-refractivity contribution in [3.63, 3.8) is 0 Å². The summed E-state index contributed by atoms with van der Waals surface area (Å²) in [6.07, 6.45) is 0. The lowest BCUT2D eigenvalue weighted by molar-refractivity contribution is -0.152. The Bertz CT molecular complexity index is 149. The monoisotopic (exact) mass is 161 g/mol. The number of aliphatic carboxylic acids is 1. The van der Waals surface area contributed by atoms with Crippen LogP contribution in [-0.2, 0) is 4.79 Å². The van der Waals surface area contributed by atoms with E-state index in [0.29, 0.717) is 6.54 Å². The first-order chi connectivity index (χ1) is 4.99. The molecule has 0 fully saturated rings. The van der Waals surface area contributed by atoms with Gasteiger partial charge in [0, 0.05) is 0 Å². The lowest BCUT2D eigenvalue weighted by atomic mass is 10.0. The van der Waals surface area contributed by atoms with E-state index < -0.39 is 11.5 Å². The van der Waals surface area contributed by atoms with E-state index >= 15 is 0 Å². The molecule has 0 aliphatic rings. The van der Waals surface area contributed by atoms with Gasteiger partial charge in [0.05, 0.1) is 6.61 Å². The predicted octanol–water partition coefficient (Wildman–Crippen LogP) is -0.226. The van der Waals surface area contributed by atoms with E-state index in [9.17, 15) is 4.79 Å². The molecule has 0 aliphatic heterocycles. The zero-order chi connectivity index (χ0) is 9.07. The first-order valence-electron chi connectivity index (χ1n) is 3.54. The molecular formula is C7H15NO3. The van der Waals surface area contributed by atoms with Gasteiger partial charge in [0.2, 0.25) is 0 Å². The number of hydrogen-bond acceptors (Lipinski definition) is 3. The zero-order valence-electron chi connectivity index (χ0n) is 7.16. The molecule has 11 heavy (non-hydrogen) atoms. The third-order valence-corrected chi connectivity index (χ3v) is 2.09. The molecule has 0 heterocycles. The maximum atomic E-state index is 10.7. The molecule has 0 spiro atoms. The molecule has 0 radical (unpaired) electrons. The van der Waals surface area contributed by atoms with E-state index in [1.54, 1.807) is 11.9 Å². The fraction of sp³-hybridized carbons (Fsp3) is 0.857. The number of likely N-dealkylation sites (N-methyl/N-ethyl adjacent to an activating group) is 1. The molecular weight excluding hydrogens is 146 g/mol. The topological polar surface area (TPSA) is 60.8 Å². The number of hydrogen-bond donors (Lipinski definition) is 2. The Labute approximate surface area is 66.4 Å². The van der Waals surface area contributed by atoms with Crippen LogP contribution in [0.2, 0.25) is 0 Å². The molecule has 2 N–H and O–H groups in total. The van der Waals surface area contributed by atoms with Crippen molar-refractivity contribution in [3.8, 4) is 0 Å². The van der Waals surface area contributed by atoms with Crippen molar-refractivity contribution in [2.75, 3.05) is 20.2 Å². The van der Waals surface area contributed by atoms with Gasteiger partial charge in [0.25, 0.3) is 0 Å². The minimum Gasteiger partial charge on any atom is -0.480 e. The van der Waals surface area contributed by atoms with Crippen LogP contribution in [0.5, 0.6) is 0 Å². The highest BCUT2D eigenvalue weighted by molar-refractivity contribution is 5.78. The Morgan fingerprint density at radius 1 is 1.64 bits per heavy atom. The van der Waals surface area contributed by atoms with E-state index in [0.717, 1.165) is 0 Å². The highest BCUT2D eigenvalue weighted by Gasteiger charge is 2.35. The van der Waals surface area contributed by atoms with Crippen LogP contribution in [-0.4, -0.2) is 46.8 Å². The Kier molecular flexibility index (Phi) is 3.48. The minimum absolute atomic E-state index is 0.368. The van der Waals surface area contributed by atoms with Gasteiger partial charge in [0.15, 0.2) is 0 Å². The molecule has 4 nitrogen and oxygen atoms in total. The number of aliphatic hydroxyl groups excluding tert-OH is 1. The highest BCUT2D eigenvalue weighted by Crippen LogP contribution is 2.11. The molecule has 0 aromatic carbocycles. The fourth-order valence-electron chi connectivity index (χ4n) is 0.701. The smallest absolute Gasteiger partial charge is 0.326 e. The third-order valence-electron chi connectivity index (χ3n) is 2.09. The van der Waals surface area contributed by atoms with Crippen molar-refractivity contribution in [1.29, 1.82) is 0 Å². The standard InChI is InChI=1S/C7H15NO3/c1-4-8(3)7(2,5-9)6(10)11/h9H,4-5H2,1-3H3,(H,10,11). The Morgan fingerprint density at radius 3 is 2.18 bits per heavy atom. The molecule has 0 saturated heterocycles. The largest absolute Gasteiger partial charge is 0.480 e. The van der Waals surface area contributed by atoms with E-state index in [-0.39, 0.29) is 6.61 Å². The molecule has 0 bridgehead atoms. The summed E-state index contributed by atoms with van der Waals surface area (Å²) in [5, 5.41) is 17.6. The van der Waals surface area contributed by atoms with Gasteiger partial charge in [-0.15, -0.1) is 0 Å². The van der Waals surface area contributed by atoms with Crippen LogP contribution in [0.3, 0.4) is 0 Å². The summed E-state index contributed by atoms with van der Waals surface area (Å²) in [4.78, 5) is 12.2. The SMILES string of the molecule is CCN(C)C(C)(CO)C(=O)O. The maximum Gasteiger partial charge on any atom is 0.326 e. The summed E-state index contributed by atoms with van der Waals surface area (Å²) < 4.78 is 0. The van der Waals surface area contributed by atoms with Crippen LogP contribution in [0, 0.1) is 0 Å². The van der Waals surface area contributed by atoms with Crippen molar-refractivity contribution >= 4 is 5.97 Å². The molecule has 0 rings (SSSR count). The van der Waals surface area contributed by atoms with Crippen LogP contribution >= 0.6 is 0 Å². The molecule has 0 aromatic rings. The average molecular weight is 161 g/mol. The molecule has 66 valence electrons. The van der Waals surface area contributed by atoms with Crippen LogP contribution in [0.25, 0.3) is 0 Å². The quantitative estimate of drug-likeness (QED) is 0.598. The van der Waals surface area contributed by atoms with Gasteiger partial charge in [-0.05, 0) is 20.5 Å². The van der Waals surface area contributed by atoms with E-state index in [1.165, 1.54) is 6.92 Å². The second kappa shape index (κ2) is 3.69. The number of aliphatic hydroxyl groups is 1. The molecule has 1 unspecified atom stereocenters. The molecule has 0 aliphatic carbocycles. The Hall–Kier alpha value is -0.610. The van der Waals surface area contributed by atoms with Gasteiger partial charge in [0.1, 0.15) is 5.54 Å². The van der Waals surface area contributed by atoms with E-state index in [2.05, 4.69) is 0 Å². The Balaban J connectivity index is 4.45. The van der Waals surface area contributed by atoms with Gasteiger partial charge in [-0.2, -0.15) is 0 Å². The highest BCUT2D eigenvalue weighted by atomic mass is 16.4. The predicted molar refractivity (Wildman–Crippen MR) is 41.4 cm³/mol. The molecule has 1 atom stereocenters. The summed E-state index contributed by atoms with van der Waals surface area (Å²) in [6, 6.07) is 0. The van der Waals surface area contributed by atoms with Crippen molar-refractivity contribution in [2.24, 2.45) is 0 Å². The number of rotatable bonds is 4. The summed E-state index contributed by atoms with van der Waals surface area (Å²) in [6.45, 7) is 3.58. The number of carbonyl (C=O) groups is 1. The van der Waals surface area contributed by atoms with E-state index in [1.807, 2.05) is 6.92 Å². The first-order valence-corrected chi connectivity index (χ1v) is 3.54. The van der Waals surface area contributed by atoms with Crippen molar-refractivity contribution in [1.82, 2.24) is 4.90 Å². The van der Waals surface area contributed by atoms with Crippen LogP contribution in [0.4, 0.5) is 0 Å². The lowest BCUT2D eigenvalue weighted by Crippen LogP contribution is -2.53. The van der Waals surface area contributed by atoms with Crippen molar-refractivity contribution in [2.45, 2.75) is 19.4 Å². The van der Waals surface area contributed by atoms with Gasteiger partial charge in [-0.1, -0.05) is 6.92 Å². The number of carboxylic acids is 1. The van der Waals surface area contributed by atoms with Crippen LogP contribution in [0.1, 0.15) is 13.8 Å².